The van der Waals surface area contributed by atoms with Crippen LogP contribution in [0.3, 0.4) is 0 Å². The van der Waals surface area contributed by atoms with Crippen molar-refractivity contribution in [3.63, 3.8) is 0 Å². The number of ether oxygens (including phenoxy) is 1. The molecular formula is C20H23F3N2OS. The standard InChI is InChI=1S/C20H23F3N2OS/c1-13(2)11-18(14-7-9-17(26-3)10-8-14)25-19(27)24-16-6-4-5-15(12-16)20(21,22)23/h4-10,12-13,18H,11H2,1-3H3,(H2,24,25,27)/t18-/m0/s1. The second-order valence-corrected chi connectivity index (χ2v) is 7.04. The Morgan fingerprint density at radius 1 is 1.11 bits per heavy atom. The Hall–Kier alpha value is -2.28. The number of thiocarbonyl (C=S) groups is 1. The molecule has 0 spiro atoms. The molecule has 0 aliphatic rings. The van der Waals surface area contributed by atoms with Gasteiger partial charge in [0.25, 0.3) is 0 Å². The van der Waals surface area contributed by atoms with E-state index in [1.54, 1.807) is 13.2 Å². The number of benzene rings is 2. The summed E-state index contributed by atoms with van der Waals surface area (Å²) in [4.78, 5) is 0. The fourth-order valence-electron chi connectivity index (χ4n) is 2.68. The molecule has 2 aromatic rings. The molecule has 2 N–H and O–H groups in total. The predicted molar refractivity (Wildman–Crippen MR) is 106 cm³/mol. The molecule has 2 rings (SSSR count). The van der Waals surface area contributed by atoms with Gasteiger partial charge in [-0.2, -0.15) is 13.2 Å². The summed E-state index contributed by atoms with van der Waals surface area (Å²) in [6.45, 7) is 4.20. The van der Waals surface area contributed by atoms with Crippen LogP contribution in [0.5, 0.6) is 5.75 Å². The van der Waals surface area contributed by atoms with Crippen LogP contribution in [-0.2, 0) is 6.18 Å². The second-order valence-electron chi connectivity index (χ2n) is 6.63. The first-order valence-electron chi connectivity index (χ1n) is 8.57. The Morgan fingerprint density at radius 3 is 2.33 bits per heavy atom. The third-order valence-electron chi connectivity index (χ3n) is 3.98. The first kappa shape index (κ1) is 21.0. The average Bonchev–Trinajstić information content (AvgIpc) is 2.60. The SMILES string of the molecule is COc1ccc([C@H](CC(C)C)NC(=S)Nc2cccc(C(F)(F)F)c2)cc1. The Bertz CT molecular complexity index is 761. The molecule has 0 aliphatic heterocycles. The molecular weight excluding hydrogens is 373 g/mol. The van der Waals surface area contributed by atoms with E-state index in [1.807, 2.05) is 24.3 Å². The van der Waals surface area contributed by atoms with E-state index >= 15 is 0 Å². The monoisotopic (exact) mass is 396 g/mol. The highest BCUT2D eigenvalue weighted by Crippen LogP contribution is 2.30. The minimum Gasteiger partial charge on any atom is -0.497 e. The lowest BCUT2D eigenvalue weighted by Crippen LogP contribution is -2.33. The van der Waals surface area contributed by atoms with Crippen molar-refractivity contribution in [2.45, 2.75) is 32.5 Å². The normalized spacial score (nSPS) is 12.6. The van der Waals surface area contributed by atoms with Crippen LogP contribution >= 0.6 is 12.2 Å². The molecule has 1 atom stereocenters. The molecule has 0 saturated heterocycles. The van der Waals surface area contributed by atoms with Gasteiger partial charge < -0.3 is 15.4 Å². The van der Waals surface area contributed by atoms with Crippen molar-refractivity contribution in [2.24, 2.45) is 5.92 Å². The summed E-state index contributed by atoms with van der Waals surface area (Å²) in [5, 5.41) is 6.33. The van der Waals surface area contributed by atoms with Gasteiger partial charge in [-0.05, 0) is 60.5 Å². The zero-order valence-corrected chi connectivity index (χ0v) is 16.2. The molecule has 0 aromatic heterocycles. The molecule has 0 radical (unpaired) electrons. The van der Waals surface area contributed by atoms with Gasteiger partial charge in [0, 0.05) is 5.69 Å². The van der Waals surface area contributed by atoms with Gasteiger partial charge in [0.15, 0.2) is 5.11 Å². The summed E-state index contributed by atoms with van der Waals surface area (Å²) >= 11 is 5.32. The lowest BCUT2D eigenvalue weighted by atomic mass is 9.97. The van der Waals surface area contributed by atoms with Crippen LogP contribution < -0.4 is 15.4 Å². The maximum Gasteiger partial charge on any atom is 0.416 e. The minimum absolute atomic E-state index is 0.0679. The lowest BCUT2D eigenvalue weighted by molar-refractivity contribution is -0.137. The number of hydrogen-bond donors (Lipinski definition) is 2. The van der Waals surface area contributed by atoms with E-state index < -0.39 is 11.7 Å². The molecule has 0 heterocycles. The Morgan fingerprint density at radius 2 is 1.78 bits per heavy atom. The van der Waals surface area contributed by atoms with Crippen LogP contribution in [0.15, 0.2) is 48.5 Å². The van der Waals surface area contributed by atoms with Crippen molar-refractivity contribution in [2.75, 3.05) is 12.4 Å². The molecule has 0 saturated carbocycles. The van der Waals surface area contributed by atoms with Crippen LogP contribution in [0.25, 0.3) is 0 Å². The van der Waals surface area contributed by atoms with Crippen LogP contribution in [0.2, 0.25) is 0 Å². The summed E-state index contributed by atoms with van der Waals surface area (Å²) in [6, 6.07) is 12.5. The zero-order valence-electron chi connectivity index (χ0n) is 15.4. The maximum absolute atomic E-state index is 12.9. The average molecular weight is 396 g/mol. The maximum atomic E-state index is 12.9. The number of hydrogen-bond acceptors (Lipinski definition) is 2. The molecule has 27 heavy (non-hydrogen) atoms. The van der Waals surface area contributed by atoms with E-state index in [2.05, 4.69) is 24.5 Å². The van der Waals surface area contributed by atoms with Crippen LogP contribution in [-0.4, -0.2) is 12.2 Å². The number of nitrogens with one attached hydrogen (secondary N) is 2. The van der Waals surface area contributed by atoms with Gasteiger partial charge in [0.2, 0.25) is 0 Å². The third kappa shape index (κ3) is 6.43. The summed E-state index contributed by atoms with van der Waals surface area (Å²) in [5.41, 5.74) is 0.599. The minimum atomic E-state index is -4.39. The predicted octanol–water partition coefficient (Wildman–Crippen LogP) is 5.79. The van der Waals surface area contributed by atoms with Gasteiger partial charge in [-0.15, -0.1) is 0 Å². The van der Waals surface area contributed by atoms with Crippen molar-refractivity contribution in [1.82, 2.24) is 5.32 Å². The van der Waals surface area contributed by atoms with Gasteiger partial charge in [-0.3, -0.25) is 0 Å². The number of halogens is 3. The van der Waals surface area contributed by atoms with Gasteiger partial charge >= 0.3 is 6.18 Å². The van der Waals surface area contributed by atoms with Gasteiger partial charge in [0.1, 0.15) is 5.75 Å². The lowest BCUT2D eigenvalue weighted by Gasteiger charge is -2.23. The van der Waals surface area contributed by atoms with Gasteiger partial charge in [-0.1, -0.05) is 32.0 Å². The molecule has 0 aliphatic carbocycles. The molecule has 3 nitrogen and oxygen atoms in total. The van der Waals surface area contributed by atoms with Crippen molar-refractivity contribution >= 4 is 23.0 Å². The van der Waals surface area contributed by atoms with E-state index in [9.17, 15) is 13.2 Å². The number of methoxy groups -OCH3 is 1. The number of alkyl halides is 3. The smallest absolute Gasteiger partial charge is 0.416 e. The molecule has 2 aromatic carbocycles. The highest BCUT2D eigenvalue weighted by Gasteiger charge is 2.30. The van der Waals surface area contributed by atoms with Crippen LogP contribution in [0, 0.1) is 5.92 Å². The van der Waals surface area contributed by atoms with Crippen LogP contribution in [0.1, 0.15) is 37.4 Å². The summed E-state index contributed by atoms with van der Waals surface area (Å²) < 4.78 is 43.7. The molecule has 146 valence electrons. The molecule has 7 heteroatoms. The number of rotatable bonds is 6. The van der Waals surface area contributed by atoms with Gasteiger partial charge in [-0.25, -0.2) is 0 Å². The summed E-state index contributed by atoms with van der Waals surface area (Å²) in [6.07, 6.45) is -3.58. The van der Waals surface area contributed by atoms with Gasteiger partial charge in [0.05, 0.1) is 18.7 Å². The quantitative estimate of drug-likeness (QED) is 0.606. The highest BCUT2D eigenvalue weighted by molar-refractivity contribution is 7.80. The first-order chi connectivity index (χ1) is 12.7. The Kier molecular flexibility index (Phi) is 7.07. The van der Waals surface area contributed by atoms with Crippen molar-refractivity contribution in [1.29, 1.82) is 0 Å². The number of anilines is 1. The zero-order chi connectivity index (χ0) is 20.0. The van der Waals surface area contributed by atoms with E-state index in [-0.39, 0.29) is 11.2 Å². The van der Waals surface area contributed by atoms with E-state index in [0.717, 1.165) is 29.9 Å². The first-order valence-corrected chi connectivity index (χ1v) is 8.98. The van der Waals surface area contributed by atoms with Crippen molar-refractivity contribution < 1.29 is 17.9 Å². The Balaban J connectivity index is 2.11. The van der Waals surface area contributed by atoms with E-state index in [4.69, 9.17) is 17.0 Å². The van der Waals surface area contributed by atoms with Crippen molar-refractivity contribution in [3.05, 3.63) is 59.7 Å². The molecule has 0 unspecified atom stereocenters. The second kappa shape index (κ2) is 9.08. The molecule has 0 fully saturated rings. The Labute approximate surface area is 162 Å². The van der Waals surface area contributed by atoms with Crippen molar-refractivity contribution in [3.8, 4) is 5.75 Å². The highest BCUT2D eigenvalue weighted by atomic mass is 32.1. The molecule has 0 bridgehead atoms. The van der Waals surface area contributed by atoms with E-state index in [0.29, 0.717) is 11.6 Å². The largest absolute Gasteiger partial charge is 0.497 e. The summed E-state index contributed by atoms with van der Waals surface area (Å²) in [5.74, 6) is 1.16. The topological polar surface area (TPSA) is 33.3 Å². The third-order valence-corrected chi connectivity index (χ3v) is 4.20. The fourth-order valence-corrected chi connectivity index (χ4v) is 2.94. The van der Waals surface area contributed by atoms with E-state index in [1.165, 1.54) is 6.07 Å². The summed E-state index contributed by atoms with van der Waals surface area (Å²) in [7, 11) is 1.60. The molecule has 0 amide bonds. The fraction of sp³-hybridized carbons (Fsp3) is 0.350. The van der Waals surface area contributed by atoms with Crippen LogP contribution in [0.4, 0.5) is 18.9 Å².